The minimum Gasteiger partial charge on any atom is -0.508 e. The number of carbonyl (C=O) groups is 5. The molecule has 6 atom stereocenters. The predicted molar refractivity (Wildman–Crippen MR) is 161 cm³/mol. The summed E-state index contributed by atoms with van der Waals surface area (Å²) >= 11 is 14.3. The summed E-state index contributed by atoms with van der Waals surface area (Å²) < 4.78 is 73.3. The Hall–Kier alpha value is -4.56. The van der Waals surface area contributed by atoms with Crippen LogP contribution in [0.25, 0.3) is 10.8 Å². The van der Waals surface area contributed by atoms with Crippen LogP contribution in [0.1, 0.15) is 30.7 Å². The van der Waals surface area contributed by atoms with Gasteiger partial charge in [0.1, 0.15) is 11.4 Å². The van der Waals surface area contributed by atoms with Crippen LogP contribution in [0.15, 0.2) is 48.0 Å². The number of likely N-dealkylation sites (tertiary alicyclic amines) is 1. The molecule has 16 heteroatoms. The molecule has 1 saturated carbocycles. The summed E-state index contributed by atoms with van der Waals surface area (Å²) in [5.41, 5.74) is -1.85. The molecule has 2 N–H and O–H groups in total. The molecule has 254 valence electrons. The van der Waals surface area contributed by atoms with Crippen molar-refractivity contribution in [2.24, 2.45) is 17.8 Å². The number of carbonyl (C=O) groups excluding carboxylic acids is 4. The van der Waals surface area contributed by atoms with E-state index in [0.717, 1.165) is 4.90 Å². The van der Waals surface area contributed by atoms with Crippen LogP contribution < -0.4 is 4.90 Å². The monoisotopic (exact) mass is 722 g/mol. The number of amides is 4. The van der Waals surface area contributed by atoms with E-state index in [2.05, 4.69) is 0 Å². The van der Waals surface area contributed by atoms with Crippen LogP contribution >= 0.6 is 23.2 Å². The fraction of sp³-hybridized carbons (Fsp3) is 0.303. The highest BCUT2D eigenvalue weighted by molar-refractivity contribution is 6.58. The Balaban J connectivity index is 1.48. The molecule has 3 aromatic carbocycles. The van der Waals surface area contributed by atoms with E-state index in [9.17, 15) is 47.4 Å². The van der Waals surface area contributed by atoms with Crippen molar-refractivity contribution in [3.8, 4) is 5.75 Å². The van der Waals surface area contributed by atoms with Gasteiger partial charge in [-0.1, -0.05) is 42.0 Å². The van der Waals surface area contributed by atoms with Crippen LogP contribution in [0.4, 0.5) is 27.6 Å². The number of aliphatic carboxylic acids is 1. The Morgan fingerprint density at radius 2 is 1.49 bits per heavy atom. The number of carboxylic acid groups (broad SMARTS) is 1. The van der Waals surface area contributed by atoms with Crippen molar-refractivity contribution in [2.45, 2.75) is 34.9 Å². The number of anilines is 1. The molecule has 49 heavy (non-hydrogen) atoms. The summed E-state index contributed by atoms with van der Waals surface area (Å²) in [5.74, 6) is -24.2. The zero-order chi connectivity index (χ0) is 35.5. The first kappa shape index (κ1) is 33.0. The van der Waals surface area contributed by atoms with E-state index < -0.39 is 123 Å². The molecule has 4 aliphatic rings. The highest BCUT2D eigenvalue weighted by Gasteiger charge is 2.77. The topological polar surface area (TPSA) is 132 Å². The first-order valence-corrected chi connectivity index (χ1v) is 15.6. The standard InChI is InChI=1S/C33H21Cl2F5N2O7/c34-32-11-16-14(6-7-15-19(16)29(47)41(28(15)46)10-9-18(44)45)21(20-13-4-2-1-3-12(13)5-8-17(20)43)33(32,35)31(49)42(30(32)48)27-25(39)23(37)22(36)24(38)26(27)40/h1-6,8,15-16,19,21,43H,7,9-11H2,(H,44,45)/t15-,16+,19-,21+,32+,33-/m0/s1. The predicted octanol–water partition coefficient (Wildman–Crippen LogP) is 5.28. The average molecular weight is 723 g/mol. The molecular formula is C33H21Cl2F5N2O7. The molecule has 2 heterocycles. The molecule has 0 radical (unpaired) electrons. The van der Waals surface area contributed by atoms with Gasteiger partial charge in [0.25, 0.3) is 11.8 Å². The van der Waals surface area contributed by atoms with Gasteiger partial charge in [0, 0.05) is 18.0 Å². The number of phenols is 1. The van der Waals surface area contributed by atoms with Crippen molar-refractivity contribution in [2.75, 3.05) is 11.4 Å². The van der Waals surface area contributed by atoms with Gasteiger partial charge in [-0.25, -0.2) is 26.9 Å². The maximum atomic E-state index is 15.2. The molecule has 0 unspecified atom stereocenters. The molecule has 2 aliphatic carbocycles. The highest BCUT2D eigenvalue weighted by atomic mass is 35.5. The molecule has 3 aromatic rings. The summed E-state index contributed by atoms with van der Waals surface area (Å²) in [6.07, 6.45) is 0.0687. The summed E-state index contributed by atoms with van der Waals surface area (Å²) in [6.45, 7) is -0.466. The van der Waals surface area contributed by atoms with E-state index in [1.54, 1.807) is 18.2 Å². The molecule has 0 aromatic heterocycles. The zero-order valence-electron chi connectivity index (χ0n) is 24.7. The SMILES string of the molecule is O=C(O)CCN1C(=O)[C@H]2[C@H](CC=C3[C@H]2C[C@@]2(Cl)C(=O)N(c4c(F)c(F)c(F)c(F)c4F)C(=O)[C@@]2(Cl)[C@H]3c2c(O)ccc3ccccc23)C1=O. The average Bonchev–Trinajstić information content (AvgIpc) is 3.40. The second-order valence-corrected chi connectivity index (χ2v) is 13.6. The molecule has 0 bridgehead atoms. The molecule has 2 saturated heterocycles. The van der Waals surface area contributed by atoms with Gasteiger partial charge >= 0.3 is 5.97 Å². The van der Waals surface area contributed by atoms with Crippen LogP contribution in [0.3, 0.4) is 0 Å². The molecular weight excluding hydrogens is 702 g/mol. The number of nitrogens with zero attached hydrogens (tertiary/aromatic N) is 2. The Bertz CT molecular complexity index is 2080. The fourth-order valence-corrected chi connectivity index (χ4v) is 8.88. The van der Waals surface area contributed by atoms with E-state index in [1.807, 2.05) is 0 Å². The van der Waals surface area contributed by atoms with Gasteiger partial charge < -0.3 is 10.2 Å². The van der Waals surface area contributed by atoms with Crippen LogP contribution in [0.2, 0.25) is 0 Å². The maximum Gasteiger partial charge on any atom is 0.305 e. The number of rotatable bonds is 5. The minimum absolute atomic E-state index is 0.0903. The number of aromatic hydroxyl groups is 1. The third kappa shape index (κ3) is 4.19. The highest BCUT2D eigenvalue weighted by Crippen LogP contribution is 2.67. The number of hydrogen-bond donors (Lipinski definition) is 2. The van der Waals surface area contributed by atoms with Gasteiger partial charge in [-0.05, 0) is 35.6 Å². The van der Waals surface area contributed by atoms with Crippen LogP contribution in [0, 0.1) is 46.8 Å². The van der Waals surface area contributed by atoms with E-state index in [1.165, 1.54) is 24.3 Å². The number of alkyl halides is 2. The quantitative estimate of drug-likeness (QED) is 0.0915. The van der Waals surface area contributed by atoms with Gasteiger partial charge in [-0.15, -0.1) is 23.2 Å². The van der Waals surface area contributed by atoms with Crippen molar-refractivity contribution in [3.63, 3.8) is 0 Å². The van der Waals surface area contributed by atoms with E-state index >= 15 is 8.78 Å². The molecule has 3 fully saturated rings. The maximum absolute atomic E-state index is 15.2. The van der Waals surface area contributed by atoms with E-state index in [0.29, 0.717) is 5.39 Å². The number of halogens is 7. The van der Waals surface area contributed by atoms with E-state index in [-0.39, 0.29) is 27.8 Å². The second kappa shape index (κ2) is 11.0. The number of benzene rings is 3. The van der Waals surface area contributed by atoms with Crippen molar-refractivity contribution < 1.29 is 56.1 Å². The number of hydrogen-bond acceptors (Lipinski definition) is 6. The Labute approximate surface area is 282 Å². The van der Waals surface area contributed by atoms with Crippen LogP contribution in [-0.2, 0) is 24.0 Å². The Morgan fingerprint density at radius 1 is 0.857 bits per heavy atom. The van der Waals surface area contributed by atoms with Gasteiger partial charge in [0.15, 0.2) is 33.0 Å². The Kier molecular flexibility index (Phi) is 7.38. The largest absolute Gasteiger partial charge is 0.508 e. The zero-order valence-corrected chi connectivity index (χ0v) is 26.2. The molecule has 4 amide bonds. The van der Waals surface area contributed by atoms with Crippen LogP contribution in [0.5, 0.6) is 5.75 Å². The molecule has 7 rings (SSSR count). The van der Waals surface area contributed by atoms with Crippen LogP contribution in [-0.4, -0.2) is 61.0 Å². The lowest BCUT2D eigenvalue weighted by molar-refractivity contribution is -0.142. The van der Waals surface area contributed by atoms with Crippen molar-refractivity contribution in [3.05, 3.63) is 82.7 Å². The van der Waals surface area contributed by atoms with Crippen molar-refractivity contribution in [1.82, 2.24) is 4.90 Å². The normalized spacial score (nSPS) is 29.3. The van der Waals surface area contributed by atoms with Gasteiger partial charge in [0.05, 0.1) is 18.3 Å². The van der Waals surface area contributed by atoms with Gasteiger partial charge in [-0.2, -0.15) is 0 Å². The fourth-order valence-electron chi connectivity index (χ4n) is 7.96. The number of carboxylic acids is 1. The summed E-state index contributed by atoms with van der Waals surface area (Å²) in [7, 11) is 0. The summed E-state index contributed by atoms with van der Waals surface area (Å²) in [5, 5.41) is 21.3. The number of allylic oxidation sites excluding steroid dienone is 2. The smallest absolute Gasteiger partial charge is 0.305 e. The van der Waals surface area contributed by atoms with E-state index in [4.69, 9.17) is 23.2 Å². The third-order valence-corrected chi connectivity index (χ3v) is 11.5. The first-order chi connectivity index (χ1) is 23.1. The lowest BCUT2D eigenvalue weighted by atomic mass is 9.56. The molecule has 9 nitrogen and oxygen atoms in total. The minimum atomic E-state index is -2.81. The number of imide groups is 2. The molecule has 2 aliphatic heterocycles. The summed E-state index contributed by atoms with van der Waals surface area (Å²) in [6, 6.07) is 9.19. The third-order valence-electron chi connectivity index (χ3n) is 10.1. The summed E-state index contributed by atoms with van der Waals surface area (Å²) in [4.78, 5) is 62.1. The first-order valence-electron chi connectivity index (χ1n) is 14.8. The molecule has 0 spiro atoms. The number of fused-ring (bicyclic) bond motifs is 5. The second-order valence-electron chi connectivity index (χ2n) is 12.4. The van der Waals surface area contributed by atoms with Crippen molar-refractivity contribution >= 4 is 69.3 Å². The van der Waals surface area contributed by atoms with Gasteiger partial charge in [-0.3, -0.25) is 28.9 Å². The van der Waals surface area contributed by atoms with Crippen molar-refractivity contribution in [1.29, 1.82) is 0 Å². The lowest BCUT2D eigenvalue weighted by Crippen LogP contribution is -2.60. The number of phenolic OH excluding ortho intramolecular Hbond substituents is 1. The van der Waals surface area contributed by atoms with Gasteiger partial charge in [0.2, 0.25) is 17.6 Å². The lowest BCUT2D eigenvalue weighted by Gasteiger charge is -2.51. The Morgan fingerprint density at radius 3 is 2.14 bits per heavy atom.